The number of Topliss-reactive ketones (excluding diaryl/α,β-unsaturated/α-hetero) is 1. The number of carbonyl (C=O) groups excluding carboxylic acids is 1. The molecule has 0 spiro atoms. The summed E-state index contributed by atoms with van der Waals surface area (Å²) in [7, 11) is 0. The lowest BCUT2D eigenvalue weighted by atomic mass is 10.1. The standard InChI is InChI=1S/C16H21BrN2O/c17-15-4-2-1-3-14(15)16(20)7-8-18-9-11-19(12-10-18)13-5-6-13/h1-4,13H,5-12H2. The molecule has 0 amide bonds. The van der Waals surface area contributed by atoms with Gasteiger partial charge in [0.2, 0.25) is 0 Å². The van der Waals surface area contributed by atoms with Gasteiger partial charge in [0.15, 0.2) is 5.78 Å². The first kappa shape index (κ1) is 14.2. The van der Waals surface area contributed by atoms with E-state index in [4.69, 9.17) is 0 Å². The van der Waals surface area contributed by atoms with Gasteiger partial charge in [-0.25, -0.2) is 0 Å². The van der Waals surface area contributed by atoms with E-state index in [1.807, 2.05) is 24.3 Å². The minimum atomic E-state index is 0.238. The average Bonchev–Trinajstić information content (AvgIpc) is 3.30. The van der Waals surface area contributed by atoms with Crippen LogP contribution in [0.25, 0.3) is 0 Å². The van der Waals surface area contributed by atoms with E-state index >= 15 is 0 Å². The summed E-state index contributed by atoms with van der Waals surface area (Å²) in [6, 6.07) is 8.57. The Bertz CT molecular complexity index is 479. The highest BCUT2D eigenvalue weighted by Gasteiger charge is 2.31. The van der Waals surface area contributed by atoms with Crippen LogP contribution >= 0.6 is 15.9 Å². The van der Waals surface area contributed by atoms with Gasteiger partial charge in [-0.2, -0.15) is 0 Å². The Balaban J connectivity index is 1.45. The van der Waals surface area contributed by atoms with Crippen LogP contribution in [0.1, 0.15) is 29.6 Å². The summed E-state index contributed by atoms with van der Waals surface area (Å²) < 4.78 is 0.906. The number of nitrogens with zero attached hydrogens (tertiary/aromatic N) is 2. The number of ketones is 1. The third-order valence-electron chi connectivity index (χ3n) is 4.30. The van der Waals surface area contributed by atoms with Crippen LogP contribution in [-0.4, -0.2) is 54.3 Å². The second kappa shape index (κ2) is 6.37. The van der Waals surface area contributed by atoms with Crippen molar-refractivity contribution in [3.63, 3.8) is 0 Å². The van der Waals surface area contributed by atoms with Gasteiger partial charge in [0.05, 0.1) is 0 Å². The predicted octanol–water partition coefficient (Wildman–Crippen LogP) is 2.80. The molecule has 0 atom stereocenters. The van der Waals surface area contributed by atoms with E-state index in [-0.39, 0.29) is 5.78 Å². The number of piperazine rings is 1. The molecule has 108 valence electrons. The number of hydrogen-bond donors (Lipinski definition) is 0. The molecule has 1 aliphatic heterocycles. The lowest BCUT2D eigenvalue weighted by molar-refractivity contribution is 0.0921. The van der Waals surface area contributed by atoms with E-state index in [1.165, 1.54) is 25.9 Å². The third-order valence-corrected chi connectivity index (χ3v) is 4.99. The molecule has 1 aromatic carbocycles. The Morgan fingerprint density at radius 3 is 2.50 bits per heavy atom. The first-order chi connectivity index (χ1) is 9.74. The minimum Gasteiger partial charge on any atom is -0.300 e. The summed E-state index contributed by atoms with van der Waals surface area (Å²) >= 11 is 3.45. The van der Waals surface area contributed by atoms with Crippen LogP contribution in [-0.2, 0) is 0 Å². The van der Waals surface area contributed by atoms with E-state index < -0.39 is 0 Å². The van der Waals surface area contributed by atoms with Crippen molar-refractivity contribution in [1.29, 1.82) is 0 Å². The highest BCUT2D eigenvalue weighted by molar-refractivity contribution is 9.10. The molecule has 0 radical (unpaired) electrons. The fourth-order valence-corrected chi connectivity index (χ4v) is 3.38. The Morgan fingerprint density at radius 1 is 1.15 bits per heavy atom. The number of hydrogen-bond acceptors (Lipinski definition) is 3. The number of rotatable bonds is 5. The van der Waals surface area contributed by atoms with Crippen molar-refractivity contribution in [3.05, 3.63) is 34.3 Å². The summed E-state index contributed by atoms with van der Waals surface area (Å²) in [4.78, 5) is 17.3. The van der Waals surface area contributed by atoms with Gasteiger partial charge in [0.25, 0.3) is 0 Å². The van der Waals surface area contributed by atoms with Gasteiger partial charge in [0.1, 0.15) is 0 Å². The molecule has 1 saturated heterocycles. The maximum atomic E-state index is 12.2. The molecule has 0 aromatic heterocycles. The maximum Gasteiger partial charge on any atom is 0.165 e. The molecule has 1 heterocycles. The van der Waals surface area contributed by atoms with E-state index in [1.54, 1.807) is 0 Å². The van der Waals surface area contributed by atoms with E-state index in [9.17, 15) is 4.79 Å². The molecular weight excluding hydrogens is 316 g/mol. The lowest BCUT2D eigenvalue weighted by Crippen LogP contribution is -2.47. The third kappa shape index (κ3) is 3.48. The van der Waals surface area contributed by atoms with Crippen molar-refractivity contribution >= 4 is 21.7 Å². The molecule has 20 heavy (non-hydrogen) atoms. The Morgan fingerprint density at radius 2 is 1.85 bits per heavy atom. The smallest absolute Gasteiger partial charge is 0.165 e. The summed E-state index contributed by atoms with van der Waals surface area (Å²) in [5.74, 6) is 0.238. The fourth-order valence-electron chi connectivity index (χ4n) is 2.87. The molecule has 2 aliphatic rings. The summed E-state index contributed by atoms with van der Waals surface area (Å²) in [5.41, 5.74) is 0.809. The molecule has 0 unspecified atom stereocenters. The molecule has 1 aliphatic carbocycles. The normalized spacial score (nSPS) is 21.1. The average molecular weight is 337 g/mol. The number of halogens is 1. The fraction of sp³-hybridized carbons (Fsp3) is 0.562. The van der Waals surface area contributed by atoms with Crippen LogP contribution in [0.3, 0.4) is 0 Å². The monoisotopic (exact) mass is 336 g/mol. The zero-order chi connectivity index (χ0) is 13.9. The SMILES string of the molecule is O=C(CCN1CCN(C2CC2)CC1)c1ccccc1Br. The van der Waals surface area contributed by atoms with Crippen LogP contribution < -0.4 is 0 Å². The highest BCUT2D eigenvalue weighted by Crippen LogP contribution is 2.27. The Labute approximate surface area is 129 Å². The van der Waals surface area contributed by atoms with Crippen LogP contribution in [0.4, 0.5) is 0 Å². The molecule has 1 aromatic rings. The van der Waals surface area contributed by atoms with Crippen LogP contribution in [0.2, 0.25) is 0 Å². The minimum absolute atomic E-state index is 0.238. The van der Waals surface area contributed by atoms with Crippen molar-refractivity contribution in [1.82, 2.24) is 9.80 Å². The van der Waals surface area contributed by atoms with Gasteiger partial charge in [-0.1, -0.05) is 34.1 Å². The zero-order valence-electron chi connectivity index (χ0n) is 11.7. The highest BCUT2D eigenvalue weighted by atomic mass is 79.9. The van der Waals surface area contributed by atoms with Gasteiger partial charge in [-0.3, -0.25) is 9.69 Å². The van der Waals surface area contributed by atoms with Crippen molar-refractivity contribution in [2.75, 3.05) is 32.7 Å². The second-order valence-corrected chi connectivity index (χ2v) is 6.62. The van der Waals surface area contributed by atoms with Gasteiger partial charge in [-0.05, 0) is 18.9 Å². The number of carbonyl (C=O) groups is 1. The largest absolute Gasteiger partial charge is 0.300 e. The van der Waals surface area contributed by atoms with Crippen molar-refractivity contribution < 1.29 is 4.79 Å². The van der Waals surface area contributed by atoms with Crippen LogP contribution in [0, 0.1) is 0 Å². The Hall–Kier alpha value is -0.710. The summed E-state index contributed by atoms with van der Waals surface area (Å²) in [6.45, 7) is 5.46. The van der Waals surface area contributed by atoms with Crippen molar-refractivity contribution in [3.8, 4) is 0 Å². The van der Waals surface area contributed by atoms with Crippen LogP contribution in [0.15, 0.2) is 28.7 Å². The van der Waals surface area contributed by atoms with Gasteiger partial charge >= 0.3 is 0 Å². The molecule has 3 rings (SSSR count). The van der Waals surface area contributed by atoms with Crippen LogP contribution in [0.5, 0.6) is 0 Å². The molecule has 0 N–H and O–H groups in total. The molecular formula is C16H21BrN2O. The second-order valence-electron chi connectivity index (χ2n) is 5.76. The van der Waals surface area contributed by atoms with E-state index in [0.717, 1.165) is 35.7 Å². The predicted molar refractivity (Wildman–Crippen MR) is 84.1 cm³/mol. The molecule has 2 fully saturated rings. The molecule has 1 saturated carbocycles. The van der Waals surface area contributed by atoms with Gasteiger partial charge in [0, 0.05) is 55.2 Å². The van der Waals surface area contributed by atoms with Gasteiger partial charge < -0.3 is 4.90 Å². The van der Waals surface area contributed by atoms with Crippen molar-refractivity contribution in [2.24, 2.45) is 0 Å². The first-order valence-corrected chi connectivity index (χ1v) is 8.27. The topological polar surface area (TPSA) is 23.6 Å². The van der Waals surface area contributed by atoms with E-state index in [2.05, 4.69) is 25.7 Å². The summed E-state index contributed by atoms with van der Waals surface area (Å²) in [5, 5.41) is 0. The first-order valence-electron chi connectivity index (χ1n) is 7.48. The van der Waals surface area contributed by atoms with E-state index in [0.29, 0.717) is 6.42 Å². The summed E-state index contributed by atoms with van der Waals surface area (Å²) in [6.07, 6.45) is 3.40. The Kier molecular flexibility index (Phi) is 4.54. The molecule has 3 nitrogen and oxygen atoms in total. The quantitative estimate of drug-likeness (QED) is 0.772. The van der Waals surface area contributed by atoms with Crippen molar-refractivity contribution in [2.45, 2.75) is 25.3 Å². The number of benzene rings is 1. The zero-order valence-corrected chi connectivity index (χ0v) is 13.3. The lowest BCUT2D eigenvalue weighted by Gasteiger charge is -2.34. The molecule has 4 heteroatoms. The molecule has 0 bridgehead atoms. The van der Waals surface area contributed by atoms with Gasteiger partial charge in [-0.15, -0.1) is 0 Å². The maximum absolute atomic E-state index is 12.2.